The van der Waals surface area contributed by atoms with Gasteiger partial charge in [-0.1, -0.05) is 31.2 Å². The zero-order valence-corrected chi connectivity index (χ0v) is 11.2. The van der Waals surface area contributed by atoms with E-state index in [0.29, 0.717) is 6.04 Å². The lowest BCUT2D eigenvalue weighted by Gasteiger charge is -2.19. The minimum Gasteiger partial charge on any atom is -0.494 e. The van der Waals surface area contributed by atoms with Gasteiger partial charge in [-0.15, -0.1) is 0 Å². The number of benzene rings is 1. The summed E-state index contributed by atoms with van der Waals surface area (Å²) in [6.45, 7) is 3.86. The van der Waals surface area contributed by atoms with Crippen molar-refractivity contribution in [2.24, 2.45) is 0 Å². The third-order valence-electron chi connectivity index (χ3n) is 3.24. The Balaban J connectivity index is 1.82. The van der Waals surface area contributed by atoms with Crippen molar-refractivity contribution in [3.8, 4) is 5.75 Å². The van der Waals surface area contributed by atoms with E-state index in [1.54, 1.807) is 0 Å². The molecule has 1 aliphatic rings. The highest BCUT2D eigenvalue weighted by molar-refractivity contribution is 5.28. The van der Waals surface area contributed by atoms with Crippen molar-refractivity contribution in [3.63, 3.8) is 0 Å². The number of rotatable bonds is 6. The molecule has 2 rings (SSSR count). The van der Waals surface area contributed by atoms with Gasteiger partial charge in [0, 0.05) is 12.6 Å². The average Bonchev–Trinajstić information content (AvgIpc) is 2.44. The molecule has 0 amide bonds. The van der Waals surface area contributed by atoms with Crippen LogP contribution in [-0.2, 0) is 6.54 Å². The van der Waals surface area contributed by atoms with Gasteiger partial charge in [-0.2, -0.15) is 0 Å². The zero-order valence-electron chi connectivity index (χ0n) is 11.2. The van der Waals surface area contributed by atoms with E-state index < -0.39 is 0 Å². The van der Waals surface area contributed by atoms with Crippen molar-refractivity contribution in [1.29, 1.82) is 0 Å². The molecule has 0 aromatic heterocycles. The molecule has 2 heteroatoms. The number of hydrogen-bond acceptors (Lipinski definition) is 2. The van der Waals surface area contributed by atoms with E-state index >= 15 is 0 Å². The molecule has 1 N–H and O–H groups in total. The molecule has 0 aliphatic heterocycles. The van der Waals surface area contributed by atoms with E-state index in [-0.39, 0.29) is 0 Å². The minimum atomic E-state index is 0.634. The van der Waals surface area contributed by atoms with Crippen molar-refractivity contribution in [3.05, 3.63) is 42.0 Å². The van der Waals surface area contributed by atoms with Gasteiger partial charge in [0.05, 0.1) is 6.61 Å². The molecule has 0 heterocycles. The minimum absolute atomic E-state index is 0.634. The molecule has 18 heavy (non-hydrogen) atoms. The molecule has 1 aromatic rings. The average molecular weight is 245 g/mol. The molecule has 1 aliphatic carbocycles. The van der Waals surface area contributed by atoms with Crippen LogP contribution in [0.5, 0.6) is 5.75 Å². The topological polar surface area (TPSA) is 21.3 Å². The van der Waals surface area contributed by atoms with Crippen LogP contribution in [0.2, 0.25) is 0 Å². The summed E-state index contributed by atoms with van der Waals surface area (Å²) in [6, 6.07) is 9.03. The molecule has 0 saturated carbocycles. The number of nitrogens with one attached hydrogen (secondary N) is 1. The van der Waals surface area contributed by atoms with Crippen LogP contribution < -0.4 is 10.1 Å². The van der Waals surface area contributed by atoms with Gasteiger partial charge in [-0.3, -0.25) is 0 Å². The fourth-order valence-corrected chi connectivity index (χ4v) is 2.21. The maximum atomic E-state index is 5.65. The largest absolute Gasteiger partial charge is 0.494 e. The fourth-order valence-electron chi connectivity index (χ4n) is 2.21. The van der Waals surface area contributed by atoms with Gasteiger partial charge < -0.3 is 10.1 Å². The quantitative estimate of drug-likeness (QED) is 0.772. The lowest BCUT2D eigenvalue weighted by molar-refractivity contribution is 0.317. The lowest BCUT2D eigenvalue weighted by Crippen LogP contribution is -2.29. The molecule has 0 spiro atoms. The van der Waals surface area contributed by atoms with Crippen molar-refractivity contribution >= 4 is 0 Å². The second-order valence-electron chi connectivity index (χ2n) is 4.86. The summed E-state index contributed by atoms with van der Waals surface area (Å²) >= 11 is 0. The van der Waals surface area contributed by atoms with E-state index in [2.05, 4.69) is 42.6 Å². The van der Waals surface area contributed by atoms with Gasteiger partial charge in [-0.25, -0.2) is 0 Å². The van der Waals surface area contributed by atoms with E-state index in [1.165, 1.54) is 18.4 Å². The van der Waals surface area contributed by atoms with E-state index in [1.807, 2.05) is 6.07 Å². The normalized spacial score (nSPS) is 18.8. The first kappa shape index (κ1) is 13.2. The van der Waals surface area contributed by atoms with Crippen molar-refractivity contribution in [1.82, 2.24) is 5.32 Å². The third kappa shape index (κ3) is 4.19. The highest BCUT2D eigenvalue weighted by atomic mass is 16.5. The smallest absolute Gasteiger partial charge is 0.119 e. The van der Waals surface area contributed by atoms with E-state index in [0.717, 1.165) is 31.7 Å². The number of hydrogen-bond donors (Lipinski definition) is 1. The molecule has 98 valence electrons. The van der Waals surface area contributed by atoms with Crippen LogP contribution in [0, 0.1) is 0 Å². The van der Waals surface area contributed by atoms with Crippen LogP contribution in [-0.4, -0.2) is 12.6 Å². The van der Waals surface area contributed by atoms with Crippen LogP contribution in [0.15, 0.2) is 36.4 Å². The standard InChI is InChI=1S/C16H23NO/c1-2-11-18-16-10-6-7-14(12-16)13-17-15-8-4-3-5-9-15/h3-4,6-7,10,12,15,17H,2,5,8-9,11,13H2,1H3. The van der Waals surface area contributed by atoms with Gasteiger partial charge in [0.1, 0.15) is 5.75 Å². The summed E-state index contributed by atoms with van der Waals surface area (Å²) in [5, 5.41) is 3.61. The van der Waals surface area contributed by atoms with Crippen LogP contribution in [0.1, 0.15) is 38.2 Å². The van der Waals surface area contributed by atoms with Gasteiger partial charge >= 0.3 is 0 Å². The van der Waals surface area contributed by atoms with Gasteiger partial charge in [0.25, 0.3) is 0 Å². The summed E-state index contributed by atoms with van der Waals surface area (Å²) < 4.78 is 5.65. The summed E-state index contributed by atoms with van der Waals surface area (Å²) in [4.78, 5) is 0. The van der Waals surface area contributed by atoms with Crippen LogP contribution in [0.3, 0.4) is 0 Å². The zero-order chi connectivity index (χ0) is 12.6. The Kier molecular flexibility index (Phi) is 5.28. The SMILES string of the molecule is CCCOc1cccc(CNC2CC=CCC2)c1. The van der Waals surface area contributed by atoms with Crippen molar-refractivity contribution in [2.45, 2.75) is 45.2 Å². The molecule has 2 nitrogen and oxygen atoms in total. The maximum Gasteiger partial charge on any atom is 0.119 e. The Morgan fingerprint density at radius 2 is 2.28 bits per heavy atom. The first-order valence-corrected chi connectivity index (χ1v) is 6.98. The second kappa shape index (κ2) is 7.22. The summed E-state index contributed by atoms with van der Waals surface area (Å²) in [6.07, 6.45) is 9.22. The van der Waals surface area contributed by atoms with Gasteiger partial charge in [-0.05, 0) is 43.4 Å². The molecule has 0 radical (unpaired) electrons. The van der Waals surface area contributed by atoms with Gasteiger partial charge in [0.2, 0.25) is 0 Å². The molecule has 1 atom stereocenters. The molecule has 0 saturated heterocycles. The monoisotopic (exact) mass is 245 g/mol. The Labute approximate surface area is 110 Å². The summed E-state index contributed by atoms with van der Waals surface area (Å²) in [5.74, 6) is 0.986. The molecular formula is C16H23NO. The molecule has 0 fully saturated rings. The second-order valence-corrected chi connectivity index (χ2v) is 4.86. The lowest BCUT2D eigenvalue weighted by atomic mass is 10.0. The van der Waals surface area contributed by atoms with E-state index in [4.69, 9.17) is 4.74 Å². The third-order valence-corrected chi connectivity index (χ3v) is 3.24. The first-order valence-electron chi connectivity index (χ1n) is 6.98. The van der Waals surface area contributed by atoms with Gasteiger partial charge in [0.15, 0.2) is 0 Å². The molecular weight excluding hydrogens is 222 g/mol. The van der Waals surface area contributed by atoms with Crippen LogP contribution >= 0.6 is 0 Å². The number of ether oxygens (including phenoxy) is 1. The maximum absolute atomic E-state index is 5.65. The summed E-state index contributed by atoms with van der Waals surface area (Å²) in [5.41, 5.74) is 1.30. The van der Waals surface area contributed by atoms with Crippen LogP contribution in [0.4, 0.5) is 0 Å². The predicted octanol–water partition coefficient (Wildman–Crippen LogP) is 3.67. The predicted molar refractivity (Wildman–Crippen MR) is 75.8 cm³/mol. The number of allylic oxidation sites excluding steroid dienone is 1. The summed E-state index contributed by atoms with van der Waals surface area (Å²) in [7, 11) is 0. The van der Waals surface area contributed by atoms with E-state index in [9.17, 15) is 0 Å². The Morgan fingerprint density at radius 1 is 1.33 bits per heavy atom. The van der Waals surface area contributed by atoms with Crippen molar-refractivity contribution < 1.29 is 4.74 Å². The highest BCUT2D eigenvalue weighted by Gasteiger charge is 2.08. The Bertz CT molecular complexity index is 386. The molecule has 1 aromatic carbocycles. The first-order chi connectivity index (χ1) is 8.88. The highest BCUT2D eigenvalue weighted by Crippen LogP contribution is 2.15. The van der Waals surface area contributed by atoms with Crippen LogP contribution in [0.25, 0.3) is 0 Å². The molecule has 1 unspecified atom stereocenters. The fraction of sp³-hybridized carbons (Fsp3) is 0.500. The Morgan fingerprint density at radius 3 is 3.06 bits per heavy atom. The molecule has 0 bridgehead atoms. The Hall–Kier alpha value is -1.28. The van der Waals surface area contributed by atoms with Crippen molar-refractivity contribution in [2.75, 3.05) is 6.61 Å².